The highest BCUT2D eigenvalue weighted by Crippen LogP contribution is 2.41. The number of nitrogens with two attached hydrogens (primary N) is 1. The maximum atomic E-state index is 12.8. The second kappa shape index (κ2) is 10.1. The van der Waals surface area contributed by atoms with Gasteiger partial charge in [-0.1, -0.05) is 12.1 Å². The number of aromatic nitrogens is 2. The molecule has 0 spiro atoms. The Hall–Kier alpha value is -3.52. The third-order valence-electron chi connectivity index (χ3n) is 8.51. The van der Waals surface area contributed by atoms with Crippen molar-refractivity contribution >= 4 is 28.7 Å². The molecule has 5 rings (SSSR count). The molecule has 0 saturated heterocycles. The molecule has 1 aromatic carbocycles. The first kappa shape index (κ1) is 25.1. The molecule has 1 aliphatic carbocycles. The summed E-state index contributed by atoms with van der Waals surface area (Å²) in [4.78, 5) is 43.3. The van der Waals surface area contributed by atoms with E-state index >= 15 is 0 Å². The van der Waals surface area contributed by atoms with E-state index in [9.17, 15) is 19.5 Å². The van der Waals surface area contributed by atoms with Crippen LogP contribution in [-0.4, -0.2) is 56.9 Å². The van der Waals surface area contributed by atoms with E-state index in [-0.39, 0.29) is 11.3 Å². The number of primary amides is 1. The van der Waals surface area contributed by atoms with Gasteiger partial charge in [-0.05, 0) is 93.7 Å². The summed E-state index contributed by atoms with van der Waals surface area (Å²) in [5.74, 6) is -0.880. The largest absolute Gasteiger partial charge is 0.478 e. The molecule has 8 heteroatoms. The van der Waals surface area contributed by atoms with Gasteiger partial charge in [-0.25, -0.2) is 9.78 Å². The Morgan fingerprint density at radius 2 is 1.84 bits per heavy atom. The molecular weight excluding hydrogens is 468 g/mol. The average molecular weight is 503 g/mol. The van der Waals surface area contributed by atoms with Gasteiger partial charge in [0.05, 0.1) is 5.56 Å². The highest BCUT2D eigenvalue weighted by atomic mass is 16.4. The van der Waals surface area contributed by atoms with Gasteiger partial charge in [-0.3, -0.25) is 9.59 Å². The van der Waals surface area contributed by atoms with Gasteiger partial charge in [0.2, 0.25) is 5.91 Å². The van der Waals surface area contributed by atoms with Crippen LogP contribution < -0.4 is 5.73 Å². The molecule has 37 heavy (non-hydrogen) atoms. The van der Waals surface area contributed by atoms with Gasteiger partial charge in [-0.2, -0.15) is 0 Å². The standard InChI is InChI=1S/C29H34N4O4/c1-19(34)22-5-4-21-9-15-32(16-10-23(21)17-22)14-8-20-6-11-29(12-7-20,28(30)37)33-18-25(27(35)36)24-3-2-13-31-26(24)33/h2-5,13,17-18,20H,6-12,14-16H2,1H3,(H2,30,37)(H,35,36). The number of amides is 1. The number of rotatable bonds is 7. The van der Waals surface area contributed by atoms with Gasteiger partial charge in [-0.15, -0.1) is 0 Å². The summed E-state index contributed by atoms with van der Waals surface area (Å²) in [6.45, 7) is 4.59. The molecule has 8 nitrogen and oxygen atoms in total. The normalized spacial score (nSPS) is 22.4. The molecule has 0 bridgehead atoms. The molecule has 2 aromatic heterocycles. The molecule has 0 unspecified atom stereocenters. The van der Waals surface area contributed by atoms with Crippen LogP contribution in [0.5, 0.6) is 0 Å². The lowest BCUT2D eigenvalue weighted by atomic mass is 9.74. The third-order valence-corrected chi connectivity index (χ3v) is 8.51. The Kier molecular flexibility index (Phi) is 6.86. The monoisotopic (exact) mass is 502 g/mol. The van der Waals surface area contributed by atoms with Crippen LogP contribution in [0, 0.1) is 5.92 Å². The van der Waals surface area contributed by atoms with Crippen molar-refractivity contribution in [3.8, 4) is 0 Å². The van der Waals surface area contributed by atoms with Crippen LogP contribution in [0.25, 0.3) is 11.0 Å². The number of Topliss-reactive ketones (excluding diaryl/α,β-unsaturated/α-hetero) is 1. The minimum absolute atomic E-state index is 0.108. The number of pyridine rings is 1. The van der Waals surface area contributed by atoms with Crippen molar-refractivity contribution in [3.63, 3.8) is 0 Å². The molecule has 3 aromatic rings. The molecule has 1 saturated carbocycles. The zero-order chi connectivity index (χ0) is 26.2. The van der Waals surface area contributed by atoms with E-state index in [1.165, 1.54) is 17.3 Å². The van der Waals surface area contributed by atoms with Gasteiger partial charge in [0.1, 0.15) is 11.2 Å². The fourth-order valence-corrected chi connectivity index (χ4v) is 6.18. The molecule has 1 amide bonds. The summed E-state index contributed by atoms with van der Waals surface area (Å²) < 4.78 is 1.73. The summed E-state index contributed by atoms with van der Waals surface area (Å²) in [5, 5.41) is 10.2. The first-order chi connectivity index (χ1) is 17.8. The molecule has 3 N–H and O–H groups in total. The first-order valence-corrected chi connectivity index (χ1v) is 13.1. The van der Waals surface area contributed by atoms with Crippen LogP contribution in [0.15, 0.2) is 42.7 Å². The SMILES string of the molecule is CC(=O)c1ccc2c(c1)CCN(CCC1CCC(C(N)=O)(n3cc(C(=O)O)c4cccnc43)CC1)CC2. The quantitative estimate of drug-likeness (QED) is 0.475. The van der Waals surface area contributed by atoms with Crippen molar-refractivity contribution in [1.82, 2.24) is 14.5 Å². The van der Waals surface area contributed by atoms with Crippen molar-refractivity contribution in [2.45, 2.75) is 57.4 Å². The zero-order valence-electron chi connectivity index (χ0n) is 21.3. The number of carboxylic acid groups (broad SMARTS) is 1. The van der Waals surface area contributed by atoms with Crippen LogP contribution in [0.4, 0.5) is 0 Å². The van der Waals surface area contributed by atoms with E-state index in [1.54, 1.807) is 29.8 Å². The van der Waals surface area contributed by atoms with Gasteiger partial charge >= 0.3 is 5.97 Å². The summed E-state index contributed by atoms with van der Waals surface area (Å²) >= 11 is 0. The van der Waals surface area contributed by atoms with Crippen molar-refractivity contribution in [1.29, 1.82) is 0 Å². The van der Waals surface area contributed by atoms with Crippen molar-refractivity contribution in [2.75, 3.05) is 19.6 Å². The van der Waals surface area contributed by atoms with Crippen molar-refractivity contribution in [3.05, 3.63) is 65.0 Å². The van der Waals surface area contributed by atoms with Gasteiger partial charge in [0.15, 0.2) is 5.78 Å². The van der Waals surface area contributed by atoms with Crippen LogP contribution in [-0.2, 0) is 23.2 Å². The summed E-state index contributed by atoms with van der Waals surface area (Å²) in [6, 6.07) is 9.53. The van der Waals surface area contributed by atoms with E-state index < -0.39 is 17.4 Å². The van der Waals surface area contributed by atoms with Gasteiger partial charge in [0.25, 0.3) is 0 Å². The lowest BCUT2D eigenvalue weighted by Gasteiger charge is -2.39. The number of carboxylic acids is 1. The lowest BCUT2D eigenvalue weighted by molar-refractivity contribution is -0.128. The Morgan fingerprint density at radius 1 is 1.11 bits per heavy atom. The smallest absolute Gasteiger partial charge is 0.337 e. The average Bonchev–Trinajstić information content (AvgIpc) is 3.17. The number of carbonyl (C=O) groups excluding carboxylic acids is 2. The molecule has 1 aliphatic heterocycles. The molecule has 1 fully saturated rings. The van der Waals surface area contributed by atoms with Crippen molar-refractivity contribution < 1.29 is 19.5 Å². The Bertz CT molecular complexity index is 1350. The van der Waals surface area contributed by atoms with Crippen molar-refractivity contribution in [2.24, 2.45) is 11.7 Å². The maximum absolute atomic E-state index is 12.8. The lowest BCUT2D eigenvalue weighted by Crippen LogP contribution is -2.48. The van der Waals surface area contributed by atoms with Gasteiger partial charge in [0, 0.05) is 36.4 Å². The van der Waals surface area contributed by atoms with E-state index in [2.05, 4.69) is 22.0 Å². The maximum Gasteiger partial charge on any atom is 0.337 e. The van der Waals surface area contributed by atoms with Crippen LogP contribution in [0.2, 0.25) is 0 Å². The first-order valence-electron chi connectivity index (χ1n) is 13.1. The minimum atomic E-state index is -1.04. The van der Waals surface area contributed by atoms with Crippen LogP contribution >= 0.6 is 0 Å². The van der Waals surface area contributed by atoms with Crippen LogP contribution in [0.1, 0.15) is 70.9 Å². The fraction of sp³-hybridized carbons (Fsp3) is 0.448. The van der Waals surface area contributed by atoms with Crippen LogP contribution in [0.3, 0.4) is 0 Å². The number of hydrogen-bond donors (Lipinski definition) is 2. The molecule has 0 atom stereocenters. The number of benzene rings is 1. The third kappa shape index (κ3) is 4.78. The number of fused-ring (bicyclic) bond motifs is 2. The number of nitrogens with zero attached hydrogens (tertiary/aromatic N) is 3. The van der Waals surface area contributed by atoms with E-state index in [1.807, 2.05) is 6.07 Å². The number of aromatic carboxylic acids is 1. The van der Waals surface area contributed by atoms with E-state index in [0.717, 1.165) is 57.3 Å². The summed E-state index contributed by atoms with van der Waals surface area (Å²) in [6.07, 6.45) is 9.00. The summed E-state index contributed by atoms with van der Waals surface area (Å²) in [7, 11) is 0. The van der Waals surface area contributed by atoms with E-state index in [0.29, 0.717) is 29.8 Å². The highest BCUT2D eigenvalue weighted by molar-refractivity contribution is 6.03. The topological polar surface area (TPSA) is 119 Å². The molecule has 0 radical (unpaired) electrons. The molecule has 3 heterocycles. The van der Waals surface area contributed by atoms with E-state index in [4.69, 9.17) is 5.73 Å². The highest BCUT2D eigenvalue weighted by Gasteiger charge is 2.43. The predicted molar refractivity (Wildman–Crippen MR) is 141 cm³/mol. The Morgan fingerprint density at radius 3 is 2.51 bits per heavy atom. The number of carbonyl (C=O) groups is 3. The van der Waals surface area contributed by atoms with Gasteiger partial charge < -0.3 is 20.3 Å². The molecule has 2 aliphatic rings. The molecular formula is C29H34N4O4. The second-order valence-corrected chi connectivity index (χ2v) is 10.6. The number of ketones is 1. The fourth-order valence-electron chi connectivity index (χ4n) is 6.18. The Labute approximate surface area is 216 Å². The minimum Gasteiger partial charge on any atom is -0.478 e. The Balaban J connectivity index is 1.24. The molecule has 194 valence electrons. The summed E-state index contributed by atoms with van der Waals surface area (Å²) in [5.41, 5.74) is 9.05. The second-order valence-electron chi connectivity index (χ2n) is 10.6. The predicted octanol–water partition coefficient (Wildman–Crippen LogP) is 3.80. The number of hydrogen-bond acceptors (Lipinski definition) is 5. The zero-order valence-corrected chi connectivity index (χ0v) is 21.3.